The molecule has 3 nitrogen and oxygen atoms in total. The minimum absolute atomic E-state index is 0.716. The van der Waals surface area contributed by atoms with E-state index >= 15 is 0 Å². The summed E-state index contributed by atoms with van der Waals surface area (Å²) in [6.07, 6.45) is 1.88. The highest BCUT2D eigenvalue weighted by Gasteiger charge is 2.04. The third-order valence-corrected chi connectivity index (χ3v) is 3.95. The molecule has 0 amide bonds. The van der Waals surface area contributed by atoms with Gasteiger partial charge in [-0.05, 0) is 41.1 Å². The number of aryl methyl sites for hydroxylation is 1. The van der Waals surface area contributed by atoms with Gasteiger partial charge in [-0.2, -0.15) is 5.10 Å². The second-order valence-corrected chi connectivity index (χ2v) is 5.12. The molecule has 5 heteroatoms. The van der Waals surface area contributed by atoms with E-state index < -0.39 is 0 Å². The van der Waals surface area contributed by atoms with Crippen LogP contribution >= 0.6 is 27.5 Å². The molecule has 2 aromatic rings. The van der Waals surface area contributed by atoms with E-state index in [0.29, 0.717) is 5.02 Å². The Morgan fingerprint density at radius 1 is 1.47 bits per heavy atom. The molecule has 0 fully saturated rings. The van der Waals surface area contributed by atoms with E-state index in [4.69, 9.17) is 11.6 Å². The lowest BCUT2D eigenvalue weighted by Crippen LogP contribution is -2.01. The minimum atomic E-state index is 0.716. The molecular weight excluding hydrogens is 302 g/mol. The average molecular weight is 315 g/mol. The zero-order valence-electron chi connectivity index (χ0n) is 9.67. The summed E-state index contributed by atoms with van der Waals surface area (Å²) in [5, 5.41) is 8.26. The number of hydrogen-bond donors (Lipinski definition) is 1. The van der Waals surface area contributed by atoms with Crippen LogP contribution in [-0.4, -0.2) is 9.78 Å². The second-order valence-electron chi connectivity index (χ2n) is 3.86. The minimum Gasteiger partial charge on any atom is -0.381 e. The Morgan fingerprint density at radius 3 is 2.82 bits per heavy atom. The molecule has 2 rings (SSSR count). The molecule has 0 aliphatic heterocycles. The Labute approximate surface area is 114 Å². The molecule has 0 unspecified atom stereocenters. The summed E-state index contributed by atoms with van der Waals surface area (Å²) in [5.41, 5.74) is 3.40. The molecule has 0 saturated heterocycles. The molecule has 1 heterocycles. The van der Waals surface area contributed by atoms with E-state index in [-0.39, 0.29) is 0 Å². The number of anilines is 1. The predicted molar refractivity (Wildman–Crippen MR) is 74.4 cm³/mol. The van der Waals surface area contributed by atoms with Gasteiger partial charge in [0.05, 0.1) is 11.2 Å². The van der Waals surface area contributed by atoms with Crippen molar-refractivity contribution in [2.24, 2.45) is 7.05 Å². The number of rotatable bonds is 3. The number of halogens is 2. The zero-order chi connectivity index (χ0) is 12.4. The number of hydrogen-bond acceptors (Lipinski definition) is 2. The maximum Gasteiger partial charge on any atom is 0.0549 e. The lowest BCUT2D eigenvalue weighted by atomic mass is 10.2. The summed E-state index contributed by atoms with van der Waals surface area (Å²) in [6, 6.07) is 5.79. The van der Waals surface area contributed by atoms with Crippen molar-refractivity contribution in [3.05, 3.63) is 45.1 Å². The lowest BCUT2D eigenvalue weighted by molar-refractivity contribution is 0.738. The highest BCUT2D eigenvalue weighted by Crippen LogP contribution is 2.25. The fourth-order valence-corrected chi connectivity index (χ4v) is 2.02. The lowest BCUT2D eigenvalue weighted by Gasteiger charge is -2.07. The first-order chi connectivity index (χ1) is 8.08. The normalized spacial score (nSPS) is 10.6. The van der Waals surface area contributed by atoms with Crippen molar-refractivity contribution in [1.29, 1.82) is 0 Å². The number of nitrogens with zero attached hydrogens (tertiary/aromatic N) is 2. The summed E-state index contributed by atoms with van der Waals surface area (Å²) in [5.74, 6) is 0. The smallest absolute Gasteiger partial charge is 0.0549 e. The summed E-state index contributed by atoms with van der Waals surface area (Å²) in [4.78, 5) is 0. The molecule has 0 atom stereocenters. The highest BCUT2D eigenvalue weighted by molar-refractivity contribution is 9.10. The van der Waals surface area contributed by atoms with Crippen LogP contribution in [0.1, 0.15) is 11.3 Å². The summed E-state index contributed by atoms with van der Waals surface area (Å²) in [6.45, 7) is 2.82. The summed E-state index contributed by atoms with van der Waals surface area (Å²) in [7, 11) is 1.94. The van der Waals surface area contributed by atoms with Gasteiger partial charge in [-0.15, -0.1) is 0 Å². The van der Waals surface area contributed by atoms with Crippen molar-refractivity contribution < 1.29 is 0 Å². The van der Waals surface area contributed by atoms with E-state index in [1.165, 1.54) is 11.3 Å². The van der Waals surface area contributed by atoms with Crippen molar-refractivity contribution in [2.75, 3.05) is 5.32 Å². The third-order valence-electron chi connectivity index (χ3n) is 2.74. The molecule has 0 bridgehead atoms. The summed E-state index contributed by atoms with van der Waals surface area (Å²) >= 11 is 9.34. The Morgan fingerprint density at radius 2 is 2.24 bits per heavy atom. The standard InChI is InChI=1S/C12H13BrClN3/c1-8-9(7-16-17(8)2)6-15-10-3-4-12(14)11(13)5-10/h3-5,7,15H,6H2,1-2H3. The Kier molecular flexibility index (Phi) is 3.74. The third kappa shape index (κ3) is 2.82. The van der Waals surface area contributed by atoms with Gasteiger partial charge < -0.3 is 5.32 Å². The SMILES string of the molecule is Cc1c(CNc2ccc(Cl)c(Br)c2)cnn1C. The molecule has 0 aliphatic rings. The van der Waals surface area contributed by atoms with Gasteiger partial charge in [-0.25, -0.2) is 0 Å². The fraction of sp³-hybridized carbons (Fsp3) is 0.250. The maximum atomic E-state index is 5.94. The molecular formula is C12H13BrClN3. The topological polar surface area (TPSA) is 29.9 Å². The van der Waals surface area contributed by atoms with Crippen LogP contribution in [-0.2, 0) is 13.6 Å². The maximum absolute atomic E-state index is 5.94. The first kappa shape index (κ1) is 12.5. The van der Waals surface area contributed by atoms with Crippen molar-refractivity contribution in [3.63, 3.8) is 0 Å². The van der Waals surface area contributed by atoms with Gasteiger partial charge in [0.1, 0.15) is 0 Å². The summed E-state index contributed by atoms with van der Waals surface area (Å²) < 4.78 is 2.77. The van der Waals surface area contributed by atoms with E-state index in [1.807, 2.05) is 36.1 Å². The molecule has 1 aromatic carbocycles. The van der Waals surface area contributed by atoms with E-state index in [9.17, 15) is 0 Å². The van der Waals surface area contributed by atoms with Gasteiger partial charge in [-0.3, -0.25) is 4.68 Å². The van der Waals surface area contributed by atoms with E-state index in [2.05, 4.69) is 33.3 Å². The Hall–Kier alpha value is -1.00. The average Bonchev–Trinajstić information content (AvgIpc) is 2.62. The number of benzene rings is 1. The first-order valence-electron chi connectivity index (χ1n) is 5.24. The first-order valence-corrected chi connectivity index (χ1v) is 6.41. The van der Waals surface area contributed by atoms with Crippen LogP contribution in [0, 0.1) is 6.92 Å². The Bertz CT molecular complexity index is 537. The monoisotopic (exact) mass is 313 g/mol. The van der Waals surface area contributed by atoms with Gasteiger partial charge in [0, 0.05) is 35.0 Å². The molecule has 1 aromatic heterocycles. The quantitative estimate of drug-likeness (QED) is 0.935. The molecule has 0 saturated carbocycles. The number of aromatic nitrogens is 2. The van der Waals surface area contributed by atoms with Gasteiger partial charge in [0.2, 0.25) is 0 Å². The van der Waals surface area contributed by atoms with Crippen LogP contribution in [0.5, 0.6) is 0 Å². The van der Waals surface area contributed by atoms with Crippen LogP contribution in [0.4, 0.5) is 5.69 Å². The van der Waals surface area contributed by atoms with Crippen molar-refractivity contribution in [2.45, 2.75) is 13.5 Å². The van der Waals surface area contributed by atoms with E-state index in [1.54, 1.807) is 0 Å². The van der Waals surface area contributed by atoms with Crippen LogP contribution in [0.3, 0.4) is 0 Å². The fourth-order valence-electron chi connectivity index (χ4n) is 1.52. The van der Waals surface area contributed by atoms with Crippen molar-refractivity contribution in [1.82, 2.24) is 9.78 Å². The largest absolute Gasteiger partial charge is 0.381 e. The van der Waals surface area contributed by atoms with Gasteiger partial charge >= 0.3 is 0 Å². The van der Waals surface area contributed by atoms with Gasteiger partial charge in [0.25, 0.3) is 0 Å². The van der Waals surface area contributed by atoms with Crippen LogP contribution in [0.25, 0.3) is 0 Å². The van der Waals surface area contributed by atoms with Crippen LogP contribution in [0.2, 0.25) is 5.02 Å². The molecule has 0 radical (unpaired) electrons. The molecule has 0 spiro atoms. The molecule has 17 heavy (non-hydrogen) atoms. The predicted octanol–water partition coefficient (Wildman–Crippen LogP) is 3.76. The zero-order valence-corrected chi connectivity index (χ0v) is 12.0. The van der Waals surface area contributed by atoms with Crippen molar-refractivity contribution >= 4 is 33.2 Å². The molecule has 90 valence electrons. The molecule has 1 N–H and O–H groups in total. The number of nitrogens with one attached hydrogen (secondary N) is 1. The van der Waals surface area contributed by atoms with E-state index in [0.717, 1.165) is 16.7 Å². The van der Waals surface area contributed by atoms with Gasteiger partial charge in [-0.1, -0.05) is 11.6 Å². The van der Waals surface area contributed by atoms with Crippen LogP contribution < -0.4 is 5.32 Å². The van der Waals surface area contributed by atoms with Crippen LogP contribution in [0.15, 0.2) is 28.9 Å². The Balaban J connectivity index is 2.07. The molecule has 0 aliphatic carbocycles. The van der Waals surface area contributed by atoms with Gasteiger partial charge in [0.15, 0.2) is 0 Å². The van der Waals surface area contributed by atoms with Crippen molar-refractivity contribution in [3.8, 4) is 0 Å². The second kappa shape index (κ2) is 5.10. The highest BCUT2D eigenvalue weighted by atomic mass is 79.9.